The Morgan fingerprint density at radius 2 is 1.69 bits per heavy atom. The van der Waals surface area contributed by atoms with Crippen LogP contribution in [-0.4, -0.2) is 56.3 Å². The van der Waals surface area contributed by atoms with Gasteiger partial charge in [0, 0.05) is 10.0 Å². The maximum absolute atomic E-state index is 12.8. The molecule has 0 atom stereocenters. The molecule has 2 aliphatic heterocycles. The van der Waals surface area contributed by atoms with Crippen LogP contribution in [0.5, 0.6) is 0 Å². The number of rotatable bonds is 4. The highest BCUT2D eigenvalue weighted by Gasteiger charge is 2.43. The summed E-state index contributed by atoms with van der Waals surface area (Å²) in [6.07, 6.45) is 0. The number of thioether (sulfide) groups is 1. The van der Waals surface area contributed by atoms with Crippen LogP contribution >= 0.6 is 39.9 Å². The highest BCUT2D eigenvalue weighted by Crippen LogP contribution is 2.45. The lowest BCUT2D eigenvalue weighted by molar-refractivity contribution is -0.140. The molecule has 1 aromatic rings. The molecule has 0 spiro atoms. The van der Waals surface area contributed by atoms with Crippen molar-refractivity contribution in [1.82, 2.24) is 4.90 Å². The van der Waals surface area contributed by atoms with E-state index in [-0.39, 0.29) is 14.8 Å². The fourth-order valence-corrected chi connectivity index (χ4v) is 4.32. The molecular formula is C15H9BrN2O6S2. The van der Waals surface area contributed by atoms with Gasteiger partial charge in [-0.3, -0.25) is 29.0 Å². The Morgan fingerprint density at radius 3 is 2.31 bits per heavy atom. The van der Waals surface area contributed by atoms with Crippen molar-refractivity contribution in [2.45, 2.75) is 0 Å². The monoisotopic (exact) mass is 456 g/mol. The van der Waals surface area contributed by atoms with Gasteiger partial charge in [0.1, 0.15) is 17.4 Å². The first-order chi connectivity index (χ1) is 12.2. The van der Waals surface area contributed by atoms with Gasteiger partial charge >= 0.3 is 11.9 Å². The number of aliphatic carboxylic acids is 2. The number of hydrogen-bond acceptors (Lipinski definition) is 6. The molecule has 11 heteroatoms. The Hall–Kier alpha value is -2.24. The van der Waals surface area contributed by atoms with Crippen LogP contribution in [0.15, 0.2) is 27.6 Å². The molecule has 26 heavy (non-hydrogen) atoms. The molecule has 0 radical (unpaired) electrons. The summed E-state index contributed by atoms with van der Waals surface area (Å²) < 4.78 is 0.667. The number of carbonyl (C=O) groups is 4. The molecule has 0 aromatic heterocycles. The van der Waals surface area contributed by atoms with Crippen LogP contribution in [0.2, 0.25) is 0 Å². The van der Waals surface area contributed by atoms with Crippen LogP contribution in [0.3, 0.4) is 0 Å². The van der Waals surface area contributed by atoms with Gasteiger partial charge in [0.2, 0.25) is 0 Å². The van der Waals surface area contributed by atoms with Gasteiger partial charge in [-0.2, -0.15) is 0 Å². The Bertz CT molecular complexity index is 929. The average molecular weight is 457 g/mol. The summed E-state index contributed by atoms with van der Waals surface area (Å²) in [6.45, 7) is -1.17. The Morgan fingerprint density at radius 1 is 1.08 bits per heavy atom. The number of benzene rings is 1. The second kappa shape index (κ2) is 6.82. The van der Waals surface area contributed by atoms with Crippen molar-refractivity contribution in [1.29, 1.82) is 0 Å². The van der Waals surface area contributed by atoms with E-state index in [0.29, 0.717) is 15.7 Å². The molecule has 2 aliphatic rings. The Labute approximate surface area is 164 Å². The van der Waals surface area contributed by atoms with Gasteiger partial charge in [-0.1, -0.05) is 39.9 Å². The maximum atomic E-state index is 12.8. The summed E-state index contributed by atoms with van der Waals surface area (Å²) in [5.41, 5.74) is 0.772. The summed E-state index contributed by atoms with van der Waals surface area (Å²) in [5, 5.41) is 18.0. The summed E-state index contributed by atoms with van der Waals surface area (Å²) in [5.74, 6) is -3.77. The zero-order valence-corrected chi connectivity index (χ0v) is 16.0. The number of amides is 2. The van der Waals surface area contributed by atoms with Crippen molar-refractivity contribution in [3.8, 4) is 0 Å². The predicted octanol–water partition coefficient (Wildman–Crippen LogP) is 1.54. The van der Waals surface area contributed by atoms with Crippen LogP contribution in [0, 0.1) is 0 Å². The van der Waals surface area contributed by atoms with E-state index in [1.807, 2.05) is 0 Å². The number of carboxylic acids is 2. The number of nitrogens with zero attached hydrogens (tertiary/aromatic N) is 2. The fraction of sp³-hybridized carbons (Fsp3) is 0.133. The van der Waals surface area contributed by atoms with Gasteiger partial charge < -0.3 is 10.2 Å². The third kappa shape index (κ3) is 3.13. The van der Waals surface area contributed by atoms with E-state index in [2.05, 4.69) is 15.9 Å². The molecule has 2 heterocycles. The van der Waals surface area contributed by atoms with Gasteiger partial charge in [0.05, 0.1) is 16.2 Å². The molecule has 1 fully saturated rings. The molecule has 0 saturated carbocycles. The van der Waals surface area contributed by atoms with E-state index >= 15 is 0 Å². The SMILES string of the molecule is O=C(O)CN1C(=O)C(=C2C(=O)N(CC(=O)O)c3ccc(Br)cc32)SC1=S. The van der Waals surface area contributed by atoms with E-state index < -0.39 is 36.8 Å². The van der Waals surface area contributed by atoms with Gasteiger partial charge in [-0.25, -0.2) is 0 Å². The topological polar surface area (TPSA) is 115 Å². The maximum Gasteiger partial charge on any atom is 0.323 e. The minimum atomic E-state index is -1.24. The van der Waals surface area contributed by atoms with Crippen molar-refractivity contribution < 1.29 is 29.4 Å². The second-order valence-electron chi connectivity index (χ2n) is 5.30. The van der Waals surface area contributed by atoms with E-state index in [1.54, 1.807) is 18.2 Å². The second-order valence-corrected chi connectivity index (χ2v) is 7.86. The summed E-state index contributed by atoms with van der Waals surface area (Å²) in [6, 6.07) is 4.83. The molecule has 8 nitrogen and oxygen atoms in total. The lowest BCUT2D eigenvalue weighted by atomic mass is 10.1. The number of halogens is 1. The quantitative estimate of drug-likeness (QED) is 0.517. The first-order valence-electron chi connectivity index (χ1n) is 7.04. The number of fused-ring (bicyclic) bond motifs is 1. The molecule has 1 aromatic carbocycles. The summed E-state index contributed by atoms with van der Waals surface area (Å²) in [4.78, 5) is 49.4. The van der Waals surface area contributed by atoms with Gasteiger partial charge in [0.15, 0.2) is 0 Å². The van der Waals surface area contributed by atoms with Crippen molar-refractivity contribution in [3.05, 3.63) is 33.1 Å². The molecule has 0 aliphatic carbocycles. The van der Waals surface area contributed by atoms with E-state index in [0.717, 1.165) is 21.6 Å². The van der Waals surface area contributed by atoms with Crippen molar-refractivity contribution in [2.24, 2.45) is 0 Å². The highest BCUT2D eigenvalue weighted by molar-refractivity contribution is 9.10. The molecule has 2 amide bonds. The average Bonchev–Trinajstić information content (AvgIpc) is 2.95. The fourth-order valence-electron chi connectivity index (χ4n) is 2.64. The van der Waals surface area contributed by atoms with Crippen molar-refractivity contribution in [2.75, 3.05) is 18.0 Å². The standard InChI is InChI=1S/C15H9BrN2O6S2/c16-6-1-2-8-7(3-6)11(13(23)17(8)4-9(19)20)12-14(24)18(5-10(21)22)15(25)26-12/h1-3H,4-5H2,(H,19,20)(H,21,22). The number of hydrogen-bond donors (Lipinski definition) is 2. The molecule has 2 N–H and O–H groups in total. The minimum Gasteiger partial charge on any atom is -0.480 e. The number of anilines is 1. The Kier molecular flexibility index (Phi) is 4.86. The summed E-state index contributed by atoms with van der Waals surface area (Å²) in [7, 11) is 0. The normalized spacial score (nSPS) is 19.3. The third-order valence-corrected chi connectivity index (χ3v) is 5.58. The molecular weight excluding hydrogens is 448 g/mol. The zero-order chi connectivity index (χ0) is 19.2. The van der Waals surface area contributed by atoms with E-state index in [9.17, 15) is 19.2 Å². The molecule has 1 saturated heterocycles. The van der Waals surface area contributed by atoms with Gasteiger partial charge in [-0.05, 0) is 18.2 Å². The van der Waals surface area contributed by atoms with Gasteiger partial charge in [-0.15, -0.1) is 0 Å². The molecule has 134 valence electrons. The van der Waals surface area contributed by atoms with Gasteiger partial charge in [0.25, 0.3) is 11.8 Å². The molecule has 3 rings (SSSR count). The molecule has 0 unspecified atom stereocenters. The Balaban J connectivity index is 2.14. The summed E-state index contributed by atoms with van der Waals surface area (Å²) >= 11 is 9.17. The smallest absolute Gasteiger partial charge is 0.323 e. The van der Waals surface area contributed by atoms with Crippen molar-refractivity contribution >= 4 is 79.2 Å². The highest BCUT2D eigenvalue weighted by atomic mass is 79.9. The van der Waals surface area contributed by atoms with Crippen molar-refractivity contribution in [3.63, 3.8) is 0 Å². The van der Waals surface area contributed by atoms with Crippen LogP contribution in [0.25, 0.3) is 5.57 Å². The predicted molar refractivity (Wildman–Crippen MR) is 101 cm³/mol. The largest absolute Gasteiger partial charge is 0.480 e. The van der Waals surface area contributed by atoms with E-state index in [1.165, 1.54) is 0 Å². The first kappa shape index (κ1) is 18.5. The zero-order valence-electron chi connectivity index (χ0n) is 12.8. The number of carboxylic acid groups (broad SMARTS) is 2. The lowest BCUT2D eigenvalue weighted by Gasteiger charge is -2.14. The van der Waals surface area contributed by atoms with Crippen LogP contribution < -0.4 is 4.90 Å². The lowest BCUT2D eigenvalue weighted by Crippen LogP contribution is -2.34. The number of carbonyl (C=O) groups excluding carboxylic acids is 2. The van der Waals surface area contributed by atoms with Crippen LogP contribution in [0.1, 0.15) is 5.56 Å². The van der Waals surface area contributed by atoms with Crippen LogP contribution in [-0.2, 0) is 19.2 Å². The third-order valence-electron chi connectivity index (χ3n) is 3.64. The first-order valence-corrected chi connectivity index (χ1v) is 9.05. The minimum absolute atomic E-state index is 0.00603. The van der Waals surface area contributed by atoms with Crippen LogP contribution in [0.4, 0.5) is 5.69 Å². The molecule has 0 bridgehead atoms. The number of thiocarbonyl (C=S) groups is 1. The van der Waals surface area contributed by atoms with E-state index in [4.69, 9.17) is 22.4 Å².